The highest BCUT2D eigenvalue weighted by Gasteiger charge is 2.12. The molecule has 0 bridgehead atoms. The van der Waals surface area contributed by atoms with Gasteiger partial charge in [0, 0.05) is 18.2 Å². The van der Waals surface area contributed by atoms with Gasteiger partial charge in [0.25, 0.3) is 0 Å². The number of methoxy groups -OCH3 is 1. The SMILES string of the molecule is CCCNCc1ccc(OC)cc1OCC(C)C(N)=O. The van der Waals surface area contributed by atoms with Gasteiger partial charge in [0.1, 0.15) is 11.5 Å². The Balaban J connectivity index is 2.75. The van der Waals surface area contributed by atoms with Gasteiger partial charge < -0.3 is 20.5 Å². The Kier molecular flexibility index (Phi) is 6.87. The highest BCUT2D eigenvalue weighted by Crippen LogP contribution is 2.25. The number of hydrogen-bond donors (Lipinski definition) is 2. The van der Waals surface area contributed by atoms with E-state index >= 15 is 0 Å². The Morgan fingerprint density at radius 2 is 2.20 bits per heavy atom. The highest BCUT2D eigenvalue weighted by molar-refractivity contribution is 5.76. The predicted octanol–water partition coefficient (Wildman–Crippen LogP) is 1.69. The number of primary amides is 1. The van der Waals surface area contributed by atoms with Crippen LogP contribution in [0.5, 0.6) is 11.5 Å². The molecule has 0 heterocycles. The number of ether oxygens (including phenoxy) is 2. The van der Waals surface area contributed by atoms with Crippen LogP contribution in [0.2, 0.25) is 0 Å². The first-order chi connectivity index (χ1) is 9.58. The van der Waals surface area contributed by atoms with E-state index in [-0.39, 0.29) is 18.4 Å². The van der Waals surface area contributed by atoms with Crippen molar-refractivity contribution in [2.75, 3.05) is 20.3 Å². The number of carbonyl (C=O) groups is 1. The van der Waals surface area contributed by atoms with Crippen LogP contribution in [0.4, 0.5) is 0 Å². The van der Waals surface area contributed by atoms with Crippen molar-refractivity contribution in [1.82, 2.24) is 5.32 Å². The summed E-state index contributed by atoms with van der Waals surface area (Å²) in [6.07, 6.45) is 1.07. The van der Waals surface area contributed by atoms with E-state index in [0.717, 1.165) is 36.6 Å². The van der Waals surface area contributed by atoms with Crippen LogP contribution in [-0.2, 0) is 11.3 Å². The monoisotopic (exact) mass is 280 g/mol. The van der Waals surface area contributed by atoms with Crippen LogP contribution in [-0.4, -0.2) is 26.2 Å². The van der Waals surface area contributed by atoms with E-state index in [1.54, 1.807) is 14.0 Å². The third kappa shape index (κ3) is 5.09. The largest absolute Gasteiger partial charge is 0.497 e. The molecule has 1 amide bonds. The van der Waals surface area contributed by atoms with E-state index in [4.69, 9.17) is 15.2 Å². The Hall–Kier alpha value is -1.75. The summed E-state index contributed by atoms with van der Waals surface area (Å²) in [5.41, 5.74) is 6.27. The molecule has 1 atom stereocenters. The first-order valence-corrected chi connectivity index (χ1v) is 6.88. The molecule has 0 radical (unpaired) electrons. The maximum Gasteiger partial charge on any atom is 0.223 e. The molecule has 20 heavy (non-hydrogen) atoms. The average Bonchev–Trinajstić information content (AvgIpc) is 2.45. The highest BCUT2D eigenvalue weighted by atomic mass is 16.5. The summed E-state index contributed by atoms with van der Waals surface area (Å²) >= 11 is 0. The molecule has 1 rings (SSSR count). The standard InChI is InChI=1S/C15H24N2O3/c1-4-7-17-9-12-5-6-13(19-3)8-14(12)20-10-11(2)15(16)18/h5-6,8,11,17H,4,7,9-10H2,1-3H3,(H2,16,18). The van der Waals surface area contributed by atoms with Crippen molar-refractivity contribution < 1.29 is 14.3 Å². The molecule has 1 aromatic rings. The smallest absolute Gasteiger partial charge is 0.223 e. The molecule has 3 N–H and O–H groups in total. The third-order valence-electron chi connectivity index (χ3n) is 2.99. The normalized spacial score (nSPS) is 11.9. The van der Waals surface area contributed by atoms with E-state index in [1.807, 2.05) is 18.2 Å². The van der Waals surface area contributed by atoms with Gasteiger partial charge in [-0.15, -0.1) is 0 Å². The van der Waals surface area contributed by atoms with E-state index in [9.17, 15) is 4.79 Å². The summed E-state index contributed by atoms with van der Waals surface area (Å²) in [6, 6.07) is 5.69. The summed E-state index contributed by atoms with van der Waals surface area (Å²) in [7, 11) is 1.61. The molecule has 0 aliphatic rings. The van der Waals surface area contributed by atoms with Gasteiger partial charge in [-0.25, -0.2) is 0 Å². The summed E-state index contributed by atoms with van der Waals surface area (Å²) in [6.45, 7) is 5.80. The van der Waals surface area contributed by atoms with Gasteiger partial charge in [0.15, 0.2) is 0 Å². The first kappa shape index (κ1) is 16.3. The molecule has 5 nitrogen and oxygen atoms in total. The molecular weight excluding hydrogens is 256 g/mol. The summed E-state index contributed by atoms with van der Waals surface area (Å²) in [5, 5.41) is 3.33. The second-order valence-corrected chi connectivity index (χ2v) is 4.76. The Morgan fingerprint density at radius 1 is 1.45 bits per heavy atom. The van der Waals surface area contributed by atoms with Crippen molar-refractivity contribution in [3.63, 3.8) is 0 Å². The van der Waals surface area contributed by atoms with E-state index in [2.05, 4.69) is 12.2 Å². The molecule has 1 unspecified atom stereocenters. The number of nitrogens with two attached hydrogens (primary N) is 1. The van der Waals surface area contributed by atoms with Gasteiger partial charge >= 0.3 is 0 Å². The van der Waals surface area contributed by atoms with E-state index < -0.39 is 0 Å². The second-order valence-electron chi connectivity index (χ2n) is 4.76. The molecular formula is C15H24N2O3. The van der Waals surface area contributed by atoms with Crippen LogP contribution in [0.25, 0.3) is 0 Å². The fourth-order valence-corrected chi connectivity index (χ4v) is 1.64. The van der Waals surface area contributed by atoms with Crippen molar-refractivity contribution in [3.8, 4) is 11.5 Å². The molecule has 0 saturated carbocycles. The number of benzene rings is 1. The van der Waals surface area contributed by atoms with Gasteiger partial charge in [-0.1, -0.05) is 19.9 Å². The first-order valence-electron chi connectivity index (χ1n) is 6.88. The number of amides is 1. The topological polar surface area (TPSA) is 73.6 Å². The number of hydrogen-bond acceptors (Lipinski definition) is 4. The number of carbonyl (C=O) groups excluding carboxylic acids is 1. The Bertz CT molecular complexity index is 435. The van der Waals surface area contributed by atoms with Crippen molar-refractivity contribution in [1.29, 1.82) is 0 Å². The van der Waals surface area contributed by atoms with E-state index in [1.165, 1.54) is 0 Å². The molecule has 112 valence electrons. The zero-order chi connectivity index (χ0) is 15.0. The summed E-state index contributed by atoms with van der Waals surface area (Å²) < 4.78 is 10.9. The maximum absolute atomic E-state index is 11.0. The lowest BCUT2D eigenvalue weighted by molar-refractivity contribution is -0.122. The summed E-state index contributed by atoms with van der Waals surface area (Å²) in [4.78, 5) is 11.0. The van der Waals surface area contributed by atoms with Crippen molar-refractivity contribution in [2.24, 2.45) is 11.7 Å². The third-order valence-corrected chi connectivity index (χ3v) is 2.99. The Morgan fingerprint density at radius 3 is 2.80 bits per heavy atom. The van der Waals surface area contributed by atoms with Crippen LogP contribution < -0.4 is 20.5 Å². The molecule has 0 saturated heterocycles. The van der Waals surface area contributed by atoms with Crippen LogP contribution in [0.3, 0.4) is 0 Å². The van der Waals surface area contributed by atoms with Gasteiger partial charge in [0.2, 0.25) is 5.91 Å². The number of rotatable bonds is 9. The van der Waals surface area contributed by atoms with Crippen molar-refractivity contribution in [2.45, 2.75) is 26.8 Å². The lowest BCUT2D eigenvalue weighted by atomic mass is 10.1. The van der Waals surface area contributed by atoms with Crippen LogP contribution in [0, 0.1) is 5.92 Å². The van der Waals surface area contributed by atoms with Gasteiger partial charge in [0.05, 0.1) is 19.6 Å². The lowest BCUT2D eigenvalue weighted by Gasteiger charge is -2.15. The fraction of sp³-hybridized carbons (Fsp3) is 0.533. The van der Waals surface area contributed by atoms with Gasteiger partial charge in [-0.3, -0.25) is 4.79 Å². The molecule has 0 aliphatic heterocycles. The zero-order valence-electron chi connectivity index (χ0n) is 12.4. The van der Waals surface area contributed by atoms with Crippen molar-refractivity contribution >= 4 is 5.91 Å². The quantitative estimate of drug-likeness (QED) is 0.675. The lowest BCUT2D eigenvalue weighted by Crippen LogP contribution is -2.26. The van der Waals surface area contributed by atoms with Crippen LogP contribution >= 0.6 is 0 Å². The predicted molar refractivity (Wildman–Crippen MR) is 78.8 cm³/mol. The maximum atomic E-state index is 11.0. The molecule has 0 aromatic heterocycles. The van der Waals surface area contributed by atoms with Crippen LogP contribution in [0.1, 0.15) is 25.8 Å². The van der Waals surface area contributed by atoms with E-state index in [0.29, 0.717) is 0 Å². The van der Waals surface area contributed by atoms with Gasteiger partial charge in [-0.2, -0.15) is 0 Å². The summed E-state index contributed by atoms with van der Waals surface area (Å²) in [5.74, 6) is 0.767. The fourth-order valence-electron chi connectivity index (χ4n) is 1.64. The minimum absolute atomic E-state index is 0.267. The number of nitrogens with one attached hydrogen (secondary N) is 1. The molecule has 0 spiro atoms. The molecule has 5 heteroatoms. The second kappa shape index (κ2) is 8.43. The zero-order valence-corrected chi connectivity index (χ0v) is 12.4. The molecule has 0 aliphatic carbocycles. The molecule has 1 aromatic carbocycles. The Labute approximate surface area is 120 Å². The molecule has 0 fully saturated rings. The minimum atomic E-state index is -0.362. The minimum Gasteiger partial charge on any atom is -0.497 e. The van der Waals surface area contributed by atoms with Gasteiger partial charge in [-0.05, 0) is 19.0 Å². The average molecular weight is 280 g/mol. The van der Waals surface area contributed by atoms with Crippen molar-refractivity contribution in [3.05, 3.63) is 23.8 Å². The van der Waals surface area contributed by atoms with Crippen LogP contribution in [0.15, 0.2) is 18.2 Å².